The van der Waals surface area contributed by atoms with Crippen LogP contribution >= 0.6 is 0 Å². The quantitative estimate of drug-likeness (QED) is 0.903. The molecule has 0 fully saturated rings. The van der Waals surface area contributed by atoms with Gasteiger partial charge in [0, 0.05) is 12.2 Å². The van der Waals surface area contributed by atoms with Gasteiger partial charge in [0.25, 0.3) is 0 Å². The van der Waals surface area contributed by atoms with E-state index in [4.69, 9.17) is 11.0 Å². The van der Waals surface area contributed by atoms with Crippen molar-refractivity contribution in [3.05, 3.63) is 17.8 Å². The van der Waals surface area contributed by atoms with Crippen LogP contribution in [-0.4, -0.2) is 23.7 Å². The van der Waals surface area contributed by atoms with Crippen LogP contribution in [0.3, 0.4) is 0 Å². The van der Waals surface area contributed by atoms with Crippen LogP contribution in [-0.2, 0) is 0 Å². The van der Waals surface area contributed by atoms with Crippen molar-refractivity contribution in [2.24, 2.45) is 0 Å². The molecule has 0 aliphatic heterocycles. The SMILES string of the molecule is CC(C)N(CC(F)(F)F)c1ncc(C#N)cc1N. The normalized spacial score (nSPS) is 11.4. The summed E-state index contributed by atoms with van der Waals surface area (Å²) in [4.78, 5) is 4.89. The molecule has 0 aliphatic rings. The van der Waals surface area contributed by atoms with Gasteiger partial charge < -0.3 is 10.6 Å². The highest BCUT2D eigenvalue weighted by atomic mass is 19.4. The summed E-state index contributed by atoms with van der Waals surface area (Å²) in [5.41, 5.74) is 5.91. The van der Waals surface area contributed by atoms with Gasteiger partial charge in [0.15, 0.2) is 5.82 Å². The molecule has 0 aliphatic carbocycles. The van der Waals surface area contributed by atoms with Crippen molar-refractivity contribution < 1.29 is 13.2 Å². The van der Waals surface area contributed by atoms with E-state index < -0.39 is 18.8 Å². The van der Waals surface area contributed by atoms with Crippen LogP contribution in [0.15, 0.2) is 12.3 Å². The summed E-state index contributed by atoms with van der Waals surface area (Å²) in [7, 11) is 0. The van der Waals surface area contributed by atoms with E-state index in [0.717, 1.165) is 4.90 Å². The molecule has 0 saturated heterocycles. The van der Waals surface area contributed by atoms with Crippen LogP contribution in [0.2, 0.25) is 0 Å². The number of hydrogen-bond acceptors (Lipinski definition) is 4. The molecule has 1 aromatic heterocycles. The lowest BCUT2D eigenvalue weighted by Crippen LogP contribution is -2.40. The molecule has 0 aromatic carbocycles. The minimum atomic E-state index is -4.34. The first-order chi connectivity index (χ1) is 8.24. The maximum absolute atomic E-state index is 12.5. The molecule has 0 bridgehead atoms. The van der Waals surface area contributed by atoms with E-state index in [9.17, 15) is 13.2 Å². The van der Waals surface area contributed by atoms with Crippen molar-refractivity contribution in [3.8, 4) is 6.07 Å². The molecular formula is C11H13F3N4. The third-order valence-corrected chi connectivity index (χ3v) is 2.27. The fourth-order valence-corrected chi connectivity index (χ4v) is 1.47. The summed E-state index contributed by atoms with van der Waals surface area (Å²) in [6.07, 6.45) is -3.14. The Balaban J connectivity index is 3.11. The molecule has 2 N–H and O–H groups in total. The van der Waals surface area contributed by atoms with E-state index >= 15 is 0 Å². The van der Waals surface area contributed by atoms with E-state index in [1.54, 1.807) is 13.8 Å². The van der Waals surface area contributed by atoms with Gasteiger partial charge in [-0.1, -0.05) is 0 Å². The summed E-state index contributed by atoms with van der Waals surface area (Å²) in [5, 5.41) is 8.65. The number of rotatable bonds is 3. The largest absolute Gasteiger partial charge is 0.405 e. The van der Waals surface area contributed by atoms with Gasteiger partial charge in [0.05, 0.1) is 11.3 Å². The Morgan fingerprint density at radius 3 is 2.50 bits per heavy atom. The summed E-state index contributed by atoms with van der Waals surface area (Å²) in [5.74, 6) is 0.0429. The molecule has 1 aromatic rings. The smallest absolute Gasteiger partial charge is 0.396 e. The molecule has 0 spiro atoms. The number of nitrogens with zero attached hydrogens (tertiary/aromatic N) is 3. The van der Waals surface area contributed by atoms with E-state index in [2.05, 4.69) is 4.98 Å². The fraction of sp³-hybridized carbons (Fsp3) is 0.455. The minimum absolute atomic E-state index is 0.0429. The molecule has 7 heteroatoms. The Kier molecular flexibility index (Phi) is 4.01. The lowest BCUT2D eigenvalue weighted by atomic mass is 10.2. The molecule has 0 unspecified atom stereocenters. The molecule has 4 nitrogen and oxygen atoms in total. The van der Waals surface area contributed by atoms with E-state index in [1.165, 1.54) is 12.3 Å². The zero-order valence-electron chi connectivity index (χ0n) is 9.99. The zero-order chi connectivity index (χ0) is 13.9. The molecular weight excluding hydrogens is 245 g/mol. The highest BCUT2D eigenvalue weighted by molar-refractivity contribution is 5.65. The maximum atomic E-state index is 12.5. The lowest BCUT2D eigenvalue weighted by molar-refractivity contribution is -0.120. The number of anilines is 2. The van der Waals surface area contributed by atoms with Crippen molar-refractivity contribution in [2.45, 2.75) is 26.1 Å². The summed E-state index contributed by atoms with van der Waals surface area (Å²) >= 11 is 0. The van der Waals surface area contributed by atoms with Crippen LogP contribution in [0.25, 0.3) is 0 Å². The molecule has 0 saturated carbocycles. The second-order valence-electron chi connectivity index (χ2n) is 4.09. The first-order valence-electron chi connectivity index (χ1n) is 5.23. The van der Waals surface area contributed by atoms with Crippen LogP contribution in [0.4, 0.5) is 24.7 Å². The van der Waals surface area contributed by atoms with Crippen molar-refractivity contribution in [3.63, 3.8) is 0 Å². The highest BCUT2D eigenvalue weighted by Crippen LogP contribution is 2.27. The second-order valence-corrected chi connectivity index (χ2v) is 4.09. The van der Waals surface area contributed by atoms with Crippen molar-refractivity contribution in [1.82, 2.24) is 4.98 Å². The topological polar surface area (TPSA) is 65.9 Å². The third-order valence-electron chi connectivity index (χ3n) is 2.27. The van der Waals surface area contributed by atoms with Gasteiger partial charge in [-0.15, -0.1) is 0 Å². The number of alkyl halides is 3. The van der Waals surface area contributed by atoms with Crippen LogP contribution < -0.4 is 10.6 Å². The van der Waals surface area contributed by atoms with Gasteiger partial charge in [-0.3, -0.25) is 0 Å². The zero-order valence-corrected chi connectivity index (χ0v) is 9.99. The Bertz CT molecular complexity index is 462. The number of aromatic nitrogens is 1. The predicted molar refractivity (Wildman–Crippen MR) is 61.9 cm³/mol. The molecule has 1 heterocycles. The monoisotopic (exact) mass is 258 g/mol. The summed E-state index contributed by atoms with van der Waals surface area (Å²) in [6, 6.07) is 2.73. The summed E-state index contributed by atoms with van der Waals surface area (Å²) in [6.45, 7) is 2.10. The number of nitriles is 1. The predicted octanol–water partition coefficient (Wildman–Crippen LogP) is 2.31. The molecule has 18 heavy (non-hydrogen) atoms. The Morgan fingerprint density at radius 2 is 2.11 bits per heavy atom. The third kappa shape index (κ3) is 3.52. The van der Waals surface area contributed by atoms with Crippen molar-refractivity contribution in [1.29, 1.82) is 5.26 Å². The van der Waals surface area contributed by atoms with Gasteiger partial charge in [-0.2, -0.15) is 18.4 Å². The first kappa shape index (κ1) is 14.1. The van der Waals surface area contributed by atoms with E-state index in [0.29, 0.717) is 0 Å². The Labute approximate surface area is 103 Å². The average Bonchev–Trinajstić information content (AvgIpc) is 2.24. The van der Waals surface area contributed by atoms with Gasteiger partial charge in [-0.25, -0.2) is 4.98 Å². The van der Waals surface area contributed by atoms with Gasteiger partial charge in [0.1, 0.15) is 12.6 Å². The molecule has 0 atom stereocenters. The summed E-state index contributed by atoms with van der Waals surface area (Å²) < 4.78 is 37.4. The number of halogens is 3. The number of pyridine rings is 1. The fourth-order valence-electron chi connectivity index (χ4n) is 1.47. The first-order valence-corrected chi connectivity index (χ1v) is 5.23. The van der Waals surface area contributed by atoms with Crippen molar-refractivity contribution in [2.75, 3.05) is 17.2 Å². The van der Waals surface area contributed by atoms with Crippen LogP contribution in [0.1, 0.15) is 19.4 Å². The number of nitrogens with two attached hydrogens (primary N) is 1. The maximum Gasteiger partial charge on any atom is 0.405 e. The molecule has 1 rings (SSSR count). The molecule has 0 radical (unpaired) electrons. The van der Waals surface area contributed by atoms with Gasteiger partial charge in [-0.05, 0) is 19.9 Å². The minimum Gasteiger partial charge on any atom is -0.396 e. The van der Waals surface area contributed by atoms with Crippen LogP contribution in [0.5, 0.6) is 0 Å². The second kappa shape index (κ2) is 5.12. The standard InChI is InChI=1S/C11H13F3N4/c1-7(2)18(6-11(12,13)14)10-9(16)3-8(4-15)5-17-10/h3,5,7H,6,16H2,1-2H3. The highest BCUT2D eigenvalue weighted by Gasteiger charge is 2.33. The molecule has 98 valence electrons. The molecule has 0 amide bonds. The Morgan fingerprint density at radius 1 is 1.50 bits per heavy atom. The van der Waals surface area contributed by atoms with Crippen LogP contribution in [0, 0.1) is 11.3 Å². The van der Waals surface area contributed by atoms with Crippen molar-refractivity contribution >= 4 is 11.5 Å². The number of hydrogen-bond donors (Lipinski definition) is 1. The van der Waals surface area contributed by atoms with E-state index in [-0.39, 0.29) is 17.1 Å². The number of nitrogen functional groups attached to an aromatic ring is 1. The van der Waals surface area contributed by atoms with Gasteiger partial charge >= 0.3 is 6.18 Å². The lowest BCUT2D eigenvalue weighted by Gasteiger charge is -2.29. The average molecular weight is 258 g/mol. The Hall–Kier alpha value is -1.97. The van der Waals surface area contributed by atoms with Gasteiger partial charge in [0.2, 0.25) is 0 Å². The van der Waals surface area contributed by atoms with E-state index in [1.807, 2.05) is 6.07 Å².